The zero-order valence-corrected chi connectivity index (χ0v) is 11.3. The van der Waals surface area contributed by atoms with Gasteiger partial charge in [0.1, 0.15) is 0 Å². The predicted molar refractivity (Wildman–Crippen MR) is 77.2 cm³/mol. The van der Waals surface area contributed by atoms with Crippen LogP contribution in [0.25, 0.3) is 0 Å². The Morgan fingerprint density at radius 2 is 1.89 bits per heavy atom. The van der Waals surface area contributed by atoms with E-state index in [1.807, 2.05) is 0 Å². The zero-order valence-electron chi connectivity index (χ0n) is 11.3. The molecule has 0 atom stereocenters. The molecule has 0 amide bonds. The van der Waals surface area contributed by atoms with Gasteiger partial charge in [0.25, 0.3) is 0 Å². The van der Waals surface area contributed by atoms with E-state index in [1.54, 1.807) is 0 Å². The minimum atomic E-state index is 1.12. The lowest BCUT2D eigenvalue weighted by Gasteiger charge is -2.19. The molecule has 1 aromatic carbocycles. The first-order valence-corrected chi connectivity index (χ1v) is 7.50. The molecule has 1 fully saturated rings. The molecule has 18 heavy (non-hydrogen) atoms. The van der Waals surface area contributed by atoms with Crippen molar-refractivity contribution in [3.05, 3.63) is 29.3 Å². The minimum absolute atomic E-state index is 1.12. The van der Waals surface area contributed by atoms with Crippen LogP contribution in [0.5, 0.6) is 0 Å². The van der Waals surface area contributed by atoms with Gasteiger partial charge in [0.15, 0.2) is 0 Å². The lowest BCUT2D eigenvalue weighted by atomic mass is 10.1. The highest BCUT2D eigenvalue weighted by Crippen LogP contribution is 2.23. The molecule has 0 saturated carbocycles. The van der Waals surface area contributed by atoms with Crippen LogP contribution in [0.15, 0.2) is 18.2 Å². The first kappa shape index (κ1) is 12.0. The number of hydrogen-bond acceptors (Lipinski definition) is 2. The summed E-state index contributed by atoms with van der Waals surface area (Å²) in [6, 6.07) is 7.00. The van der Waals surface area contributed by atoms with Crippen LogP contribution < -0.4 is 5.32 Å². The summed E-state index contributed by atoms with van der Waals surface area (Å²) in [5.41, 5.74) is 4.37. The van der Waals surface area contributed by atoms with Crippen molar-refractivity contribution in [1.29, 1.82) is 0 Å². The number of fused-ring (bicyclic) bond motifs is 1. The summed E-state index contributed by atoms with van der Waals surface area (Å²) in [5, 5.41) is 3.47. The van der Waals surface area contributed by atoms with Crippen LogP contribution in [0.4, 0.5) is 5.69 Å². The molecular weight excluding hydrogens is 220 g/mol. The molecule has 2 aliphatic heterocycles. The molecule has 0 unspecified atom stereocenters. The van der Waals surface area contributed by atoms with E-state index in [4.69, 9.17) is 0 Å². The molecule has 1 saturated heterocycles. The van der Waals surface area contributed by atoms with Gasteiger partial charge in [-0.1, -0.05) is 25.0 Å². The number of nitrogens with one attached hydrogen (secondary N) is 1. The Morgan fingerprint density at radius 1 is 1.06 bits per heavy atom. The van der Waals surface area contributed by atoms with E-state index >= 15 is 0 Å². The molecule has 98 valence electrons. The highest BCUT2D eigenvalue weighted by atomic mass is 15.1. The van der Waals surface area contributed by atoms with Crippen LogP contribution in [0.1, 0.15) is 36.8 Å². The summed E-state index contributed by atoms with van der Waals surface area (Å²) in [6.07, 6.45) is 8.05. The molecule has 0 radical (unpaired) electrons. The average Bonchev–Trinajstić information content (AvgIpc) is 2.70. The first-order chi connectivity index (χ1) is 8.92. The van der Waals surface area contributed by atoms with Gasteiger partial charge in [-0.05, 0) is 56.0 Å². The smallest absolute Gasteiger partial charge is 0.0376 e. The monoisotopic (exact) mass is 244 g/mol. The van der Waals surface area contributed by atoms with Crippen molar-refractivity contribution in [2.24, 2.45) is 0 Å². The second-order valence-corrected chi connectivity index (χ2v) is 5.67. The van der Waals surface area contributed by atoms with Crippen molar-refractivity contribution in [3.63, 3.8) is 0 Å². The third-order valence-electron chi connectivity index (χ3n) is 4.30. The Kier molecular flexibility index (Phi) is 3.84. The van der Waals surface area contributed by atoms with Gasteiger partial charge >= 0.3 is 0 Å². The number of rotatable bonds is 3. The van der Waals surface area contributed by atoms with Gasteiger partial charge in [0, 0.05) is 18.8 Å². The normalized spacial score (nSPS) is 20.2. The maximum atomic E-state index is 3.47. The van der Waals surface area contributed by atoms with E-state index in [0.717, 1.165) is 6.54 Å². The van der Waals surface area contributed by atoms with E-state index in [1.165, 1.54) is 75.0 Å². The zero-order chi connectivity index (χ0) is 12.2. The fourth-order valence-corrected chi connectivity index (χ4v) is 3.14. The van der Waals surface area contributed by atoms with E-state index in [9.17, 15) is 0 Å². The maximum Gasteiger partial charge on any atom is 0.0376 e. The second-order valence-electron chi connectivity index (χ2n) is 5.67. The SMILES string of the molecule is c1cc2c(cc1CCN1CCCCCC1)NCC2. The van der Waals surface area contributed by atoms with E-state index in [-0.39, 0.29) is 0 Å². The number of nitrogens with zero attached hydrogens (tertiary/aromatic N) is 1. The summed E-state index contributed by atoms with van der Waals surface area (Å²) in [7, 11) is 0. The summed E-state index contributed by atoms with van der Waals surface area (Å²) in [6.45, 7) is 4.97. The Bertz CT molecular complexity index is 392. The van der Waals surface area contributed by atoms with Crippen LogP contribution >= 0.6 is 0 Å². The average molecular weight is 244 g/mol. The van der Waals surface area contributed by atoms with Gasteiger partial charge in [-0.25, -0.2) is 0 Å². The molecule has 0 spiro atoms. The lowest BCUT2D eigenvalue weighted by molar-refractivity contribution is 0.289. The Labute approximate surface area is 110 Å². The van der Waals surface area contributed by atoms with Crippen LogP contribution in [-0.4, -0.2) is 31.1 Å². The van der Waals surface area contributed by atoms with Crippen LogP contribution in [0, 0.1) is 0 Å². The van der Waals surface area contributed by atoms with Crippen LogP contribution in [0.2, 0.25) is 0 Å². The summed E-state index contributed by atoms with van der Waals surface area (Å²) < 4.78 is 0. The molecule has 2 nitrogen and oxygen atoms in total. The minimum Gasteiger partial charge on any atom is -0.384 e. The molecule has 1 aromatic rings. The van der Waals surface area contributed by atoms with Crippen molar-refractivity contribution in [1.82, 2.24) is 4.90 Å². The maximum absolute atomic E-state index is 3.47. The molecule has 3 rings (SSSR count). The Hall–Kier alpha value is -1.02. The van der Waals surface area contributed by atoms with Crippen molar-refractivity contribution in [3.8, 4) is 0 Å². The topological polar surface area (TPSA) is 15.3 Å². The van der Waals surface area contributed by atoms with Gasteiger partial charge in [-0.2, -0.15) is 0 Å². The van der Waals surface area contributed by atoms with Crippen LogP contribution in [0.3, 0.4) is 0 Å². The Balaban J connectivity index is 1.56. The Morgan fingerprint density at radius 3 is 2.72 bits per heavy atom. The lowest BCUT2D eigenvalue weighted by Crippen LogP contribution is -2.26. The van der Waals surface area contributed by atoms with Crippen molar-refractivity contribution < 1.29 is 0 Å². The quantitative estimate of drug-likeness (QED) is 0.879. The van der Waals surface area contributed by atoms with Gasteiger partial charge in [-0.3, -0.25) is 0 Å². The van der Waals surface area contributed by atoms with Crippen LogP contribution in [-0.2, 0) is 12.8 Å². The fraction of sp³-hybridized carbons (Fsp3) is 0.625. The number of anilines is 1. The highest BCUT2D eigenvalue weighted by molar-refractivity contribution is 5.57. The molecule has 2 heterocycles. The standard InChI is InChI=1S/C16H24N2/c1-2-4-11-18(10-3-1)12-8-14-5-6-15-7-9-17-16(15)13-14/h5-6,13,17H,1-4,7-12H2. The predicted octanol–water partition coefficient (Wildman–Crippen LogP) is 3.07. The summed E-state index contributed by atoms with van der Waals surface area (Å²) in [4.78, 5) is 2.65. The van der Waals surface area contributed by atoms with Crippen molar-refractivity contribution in [2.45, 2.75) is 38.5 Å². The summed E-state index contributed by atoms with van der Waals surface area (Å²) in [5.74, 6) is 0. The third-order valence-corrected chi connectivity index (χ3v) is 4.30. The number of hydrogen-bond donors (Lipinski definition) is 1. The van der Waals surface area contributed by atoms with Crippen molar-refractivity contribution in [2.75, 3.05) is 31.5 Å². The van der Waals surface area contributed by atoms with E-state index in [2.05, 4.69) is 28.4 Å². The largest absolute Gasteiger partial charge is 0.384 e. The summed E-state index contributed by atoms with van der Waals surface area (Å²) >= 11 is 0. The molecule has 2 aliphatic rings. The third kappa shape index (κ3) is 2.86. The molecular formula is C16H24N2. The number of likely N-dealkylation sites (tertiary alicyclic amines) is 1. The van der Waals surface area contributed by atoms with E-state index in [0.29, 0.717) is 0 Å². The van der Waals surface area contributed by atoms with Gasteiger partial charge in [0.05, 0.1) is 0 Å². The molecule has 2 heteroatoms. The molecule has 0 aromatic heterocycles. The van der Waals surface area contributed by atoms with Gasteiger partial charge < -0.3 is 10.2 Å². The van der Waals surface area contributed by atoms with Gasteiger partial charge in [-0.15, -0.1) is 0 Å². The van der Waals surface area contributed by atoms with Crippen molar-refractivity contribution >= 4 is 5.69 Å². The molecule has 0 aliphatic carbocycles. The molecule has 0 bridgehead atoms. The highest BCUT2D eigenvalue weighted by Gasteiger charge is 2.11. The molecule has 1 N–H and O–H groups in total. The van der Waals surface area contributed by atoms with Gasteiger partial charge in [0.2, 0.25) is 0 Å². The second kappa shape index (κ2) is 5.75. The first-order valence-electron chi connectivity index (χ1n) is 7.50. The fourth-order valence-electron chi connectivity index (χ4n) is 3.14. The number of benzene rings is 1. The van der Waals surface area contributed by atoms with E-state index < -0.39 is 0 Å².